The van der Waals surface area contributed by atoms with E-state index in [2.05, 4.69) is 35.6 Å². The molecule has 5 heterocycles. The van der Waals surface area contributed by atoms with Crippen molar-refractivity contribution in [2.24, 2.45) is 0 Å². The van der Waals surface area contributed by atoms with E-state index in [1.54, 1.807) is 18.6 Å². The molecule has 0 radical (unpaired) electrons. The molecule has 0 aliphatic carbocycles. The minimum atomic E-state index is 0.198. The predicted octanol–water partition coefficient (Wildman–Crippen LogP) is 1.41. The summed E-state index contributed by atoms with van der Waals surface area (Å²) in [4.78, 5) is 49.6. The van der Waals surface area contributed by atoms with Crippen LogP contribution in [-0.2, 0) is 16.1 Å². The largest absolute Gasteiger partial charge is 0.368 e. The van der Waals surface area contributed by atoms with Crippen molar-refractivity contribution in [1.29, 1.82) is 0 Å². The molecule has 34 heavy (non-hydrogen) atoms. The van der Waals surface area contributed by atoms with E-state index in [4.69, 9.17) is 0 Å². The number of fused-ring (bicyclic) bond motifs is 1. The molecule has 2 fully saturated rings. The van der Waals surface area contributed by atoms with E-state index in [1.165, 1.54) is 6.33 Å². The predicted molar refractivity (Wildman–Crippen MR) is 125 cm³/mol. The molecule has 0 atom stereocenters. The van der Waals surface area contributed by atoms with Gasteiger partial charge in [-0.1, -0.05) is 0 Å². The number of nitrogens with one attached hydrogen (secondary N) is 2. The van der Waals surface area contributed by atoms with E-state index in [1.807, 2.05) is 14.4 Å². The Kier molecular flexibility index (Phi) is 6.45. The van der Waals surface area contributed by atoms with Crippen LogP contribution >= 0.6 is 0 Å². The highest BCUT2D eigenvalue weighted by molar-refractivity contribution is 5.84. The van der Waals surface area contributed by atoms with Gasteiger partial charge in [0, 0.05) is 58.3 Å². The zero-order valence-corrected chi connectivity index (χ0v) is 19.0. The van der Waals surface area contributed by atoms with Crippen LogP contribution in [0.25, 0.3) is 11.2 Å². The Balaban J connectivity index is 1.33. The van der Waals surface area contributed by atoms with Gasteiger partial charge in [0.15, 0.2) is 17.0 Å². The lowest BCUT2D eigenvalue weighted by Gasteiger charge is -2.16. The summed E-state index contributed by atoms with van der Waals surface area (Å²) in [5, 5.41) is 6.49. The fraction of sp³-hybridized carbons (Fsp3) is 0.500. The fourth-order valence-electron chi connectivity index (χ4n) is 4.35. The summed E-state index contributed by atoms with van der Waals surface area (Å²) in [6, 6.07) is 1.74. The summed E-state index contributed by atoms with van der Waals surface area (Å²) in [5.41, 5.74) is 1.34. The Morgan fingerprint density at radius 1 is 0.941 bits per heavy atom. The topological polar surface area (TPSA) is 134 Å². The molecular formula is C22H28N10O2. The smallest absolute Gasteiger partial charge is 0.232 e. The van der Waals surface area contributed by atoms with Crippen molar-refractivity contribution in [3.8, 4) is 0 Å². The van der Waals surface area contributed by atoms with Gasteiger partial charge in [0.2, 0.25) is 17.8 Å². The molecule has 0 bridgehead atoms. The molecule has 0 saturated carbocycles. The minimum Gasteiger partial charge on any atom is -0.368 e. The number of carbonyl (C=O) groups is 2. The Labute approximate surface area is 196 Å². The van der Waals surface area contributed by atoms with Gasteiger partial charge in [-0.2, -0.15) is 9.97 Å². The summed E-state index contributed by atoms with van der Waals surface area (Å²) in [6.07, 6.45) is 8.77. The van der Waals surface area contributed by atoms with Crippen LogP contribution in [-0.4, -0.2) is 83.8 Å². The zero-order valence-electron chi connectivity index (χ0n) is 19.0. The summed E-state index contributed by atoms with van der Waals surface area (Å²) >= 11 is 0. The van der Waals surface area contributed by atoms with Crippen molar-refractivity contribution >= 4 is 40.6 Å². The first-order valence-corrected chi connectivity index (χ1v) is 11.7. The molecule has 2 saturated heterocycles. The maximum atomic E-state index is 12.0. The highest BCUT2D eigenvalue weighted by Crippen LogP contribution is 2.23. The first-order chi connectivity index (χ1) is 16.7. The third-order valence-electron chi connectivity index (χ3n) is 6.14. The molecule has 3 aromatic heterocycles. The van der Waals surface area contributed by atoms with Crippen molar-refractivity contribution in [2.75, 3.05) is 43.4 Å². The third kappa shape index (κ3) is 4.90. The van der Waals surface area contributed by atoms with Gasteiger partial charge in [0.05, 0.1) is 6.33 Å². The summed E-state index contributed by atoms with van der Waals surface area (Å²) < 4.78 is 1.95. The van der Waals surface area contributed by atoms with Crippen molar-refractivity contribution in [2.45, 2.75) is 38.6 Å². The maximum Gasteiger partial charge on any atom is 0.232 e. The normalized spacial score (nSPS) is 16.1. The van der Waals surface area contributed by atoms with Crippen LogP contribution < -0.4 is 10.6 Å². The quantitative estimate of drug-likeness (QED) is 0.427. The lowest BCUT2D eigenvalue weighted by Crippen LogP contribution is -2.28. The highest BCUT2D eigenvalue weighted by atomic mass is 16.2. The molecule has 3 aromatic rings. The number of rotatable bonds is 10. The second-order valence-electron chi connectivity index (χ2n) is 8.47. The fourth-order valence-corrected chi connectivity index (χ4v) is 4.35. The van der Waals surface area contributed by atoms with E-state index >= 15 is 0 Å². The van der Waals surface area contributed by atoms with E-state index < -0.39 is 0 Å². The first-order valence-electron chi connectivity index (χ1n) is 11.7. The molecule has 0 spiro atoms. The van der Waals surface area contributed by atoms with E-state index in [0.29, 0.717) is 61.2 Å². The van der Waals surface area contributed by atoms with Gasteiger partial charge in [0.25, 0.3) is 0 Å². The van der Waals surface area contributed by atoms with Gasteiger partial charge in [-0.3, -0.25) is 9.59 Å². The summed E-state index contributed by atoms with van der Waals surface area (Å²) in [6.45, 7) is 4.24. The molecular weight excluding hydrogens is 436 g/mol. The van der Waals surface area contributed by atoms with Crippen molar-refractivity contribution in [1.82, 2.24) is 39.3 Å². The molecule has 0 aromatic carbocycles. The van der Waals surface area contributed by atoms with Crippen LogP contribution in [0.1, 0.15) is 32.1 Å². The summed E-state index contributed by atoms with van der Waals surface area (Å²) in [5.74, 6) is 2.02. The molecule has 0 unspecified atom stereocenters. The average Bonchev–Trinajstić information content (AvgIpc) is 3.56. The molecule has 5 rings (SSSR count). The summed E-state index contributed by atoms with van der Waals surface area (Å²) in [7, 11) is 0. The standard InChI is InChI=1S/C22H28N10O2/c33-17-4-1-9-30(17)11-3-7-24-20-19-21(29-22(28-20)27-16-6-8-23-14-25-16)32(15-26-19)13-12-31-10-2-5-18(31)34/h6,8,14-15H,1-5,7,9-13H2,(H2,23,24,25,27,28,29). The number of imidazole rings is 1. The molecule has 2 aliphatic rings. The number of nitrogens with zero attached hydrogens (tertiary/aromatic N) is 8. The number of anilines is 3. The SMILES string of the molecule is O=C1CCCN1CCCNc1nc(Nc2ccncn2)nc2c1ncn2CCN1CCCC1=O. The second kappa shape index (κ2) is 9.98. The Hall–Kier alpha value is -3.83. The lowest BCUT2D eigenvalue weighted by molar-refractivity contribution is -0.128. The van der Waals surface area contributed by atoms with Gasteiger partial charge in [-0.25, -0.2) is 15.0 Å². The van der Waals surface area contributed by atoms with Crippen LogP contribution in [0, 0.1) is 0 Å². The van der Waals surface area contributed by atoms with E-state index in [-0.39, 0.29) is 11.8 Å². The Morgan fingerprint density at radius 3 is 2.44 bits per heavy atom. The number of hydrogen-bond acceptors (Lipinski definition) is 9. The van der Waals surface area contributed by atoms with Crippen molar-refractivity contribution in [3.63, 3.8) is 0 Å². The number of carbonyl (C=O) groups excluding carboxylic acids is 2. The molecule has 12 heteroatoms. The van der Waals surface area contributed by atoms with Gasteiger partial charge >= 0.3 is 0 Å². The van der Waals surface area contributed by atoms with Crippen LogP contribution in [0.15, 0.2) is 24.9 Å². The minimum absolute atomic E-state index is 0.198. The Bertz CT molecular complexity index is 1170. The van der Waals surface area contributed by atoms with Gasteiger partial charge in [-0.15, -0.1) is 0 Å². The lowest BCUT2D eigenvalue weighted by atomic mass is 10.3. The number of likely N-dealkylation sites (tertiary alicyclic amines) is 2. The first kappa shape index (κ1) is 22.0. The van der Waals surface area contributed by atoms with Crippen LogP contribution in [0.2, 0.25) is 0 Å². The highest BCUT2D eigenvalue weighted by Gasteiger charge is 2.21. The molecule has 2 amide bonds. The number of hydrogen-bond donors (Lipinski definition) is 2. The van der Waals surface area contributed by atoms with Crippen molar-refractivity contribution < 1.29 is 9.59 Å². The van der Waals surface area contributed by atoms with E-state index in [9.17, 15) is 9.59 Å². The second-order valence-corrected chi connectivity index (χ2v) is 8.47. The van der Waals surface area contributed by atoms with Gasteiger partial charge in [-0.05, 0) is 25.3 Å². The van der Waals surface area contributed by atoms with Gasteiger partial charge in [0.1, 0.15) is 12.1 Å². The number of amides is 2. The molecule has 178 valence electrons. The van der Waals surface area contributed by atoms with Crippen LogP contribution in [0.3, 0.4) is 0 Å². The van der Waals surface area contributed by atoms with Crippen molar-refractivity contribution in [3.05, 3.63) is 24.9 Å². The monoisotopic (exact) mass is 464 g/mol. The van der Waals surface area contributed by atoms with Gasteiger partial charge < -0.3 is 25.0 Å². The van der Waals surface area contributed by atoms with E-state index in [0.717, 1.165) is 38.9 Å². The van der Waals surface area contributed by atoms with Crippen LogP contribution in [0.4, 0.5) is 17.6 Å². The third-order valence-corrected chi connectivity index (χ3v) is 6.14. The molecule has 2 N–H and O–H groups in total. The molecule has 12 nitrogen and oxygen atoms in total. The molecule has 2 aliphatic heterocycles. The average molecular weight is 465 g/mol. The Morgan fingerprint density at radius 2 is 1.74 bits per heavy atom. The van der Waals surface area contributed by atoms with Crippen LogP contribution in [0.5, 0.6) is 0 Å². The number of aromatic nitrogens is 6. The maximum absolute atomic E-state index is 12.0. The zero-order chi connectivity index (χ0) is 23.3.